The van der Waals surface area contributed by atoms with Gasteiger partial charge in [0.15, 0.2) is 0 Å². The number of aromatic amines is 1. The molecule has 0 aliphatic rings. The first-order chi connectivity index (χ1) is 15.5. The molecule has 1 aromatic heterocycles. The van der Waals surface area contributed by atoms with Crippen molar-refractivity contribution in [1.29, 1.82) is 0 Å². The number of nitro benzene ring substituents is 1. The van der Waals surface area contributed by atoms with Crippen molar-refractivity contribution in [2.75, 3.05) is 7.11 Å². The number of halogens is 1. The summed E-state index contributed by atoms with van der Waals surface area (Å²) >= 11 is 6.03. The van der Waals surface area contributed by atoms with Gasteiger partial charge >= 0.3 is 5.97 Å². The number of carbonyl (C=O) groups excluding carboxylic acids is 1. The summed E-state index contributed by atoms with van der Waals surface area (Å²) in [6.07, 6.45) is 0.549. The van der Waals surface area contributed by atoms with Crippen LogP contribution in [0.25, 0.3) is 22.2 Å². The Hall–Kier alpha value is -3.84. The van der Waals surface area contributed by atoms with Crippen molar-refractivity contribution < 1.29 is 19.2 Å². The van der Waals surface area contributed by atoms with E-state index in [4.69, 9.17) is 21.1 Å². The molecule has 0 fully saturated rings. The van der Waals surface area contributed by atoms with Gasteiger partial charge in [0.25, 0.3) is 5.69 Å². The second kappa shape index (κ2) is 9.11. The maximum Gasteiger partial charge on any atom is 0.311 e. The number of carbonyl (C=O) groups is 1. The molecule has 3 aromatic carbocycles. The molecule has 0 saturated carbocycles. The van der Waals surface area contributed by atoms with E-state index in [1.54, 1.807) is 7.11 Å². The zero-order valence-electron chi connectivity index (χ0n) is 17.1. The SMILES string of the molecule is COc1ccc(-c2[nH]c3ccccc3c2CCC(=O)Oc2ccc([N+](=O)[O-])cc2Cl)cc1. The summed E-state index contributed by atoms with van der Waals surface area (Å²) in [6, 6.07) is 19.3. The number of nitro groups is 1. The van der Waals surface area contributed by atoms with E-state index in [0.717, 1.165) is 39.5 Å². The number of methoxy groups -OCH3 is 1. The Bertz CT molecular complexity index is 1300. The molecule has 1 N–H and O–H groups in total. The van der Waals surface area contributed by atoms with Crippen LogP contribution in [-0.4, -0.2) is 23.0 Å². The quantitative estimate of drug-likeness (QED) is 0.163. The molecular formula is C24H19ClN2O5. The van der Waals surface area contributed by atoms with Gasteiger partial charge in [-0.2, -0.15) is 0 Å². The van der Waals surface area contributed by atoms with Crippen LogP contribution in [0.2, 0.25) is 5.02 Å². The first kappa shape index (κ1) is 21.4. The molecule has 0 unspecified atom stereocenters. The normalized spacial score (nSPS) is 10.8. The average Bonchev–Trinajstić information content (AvgIpc) is 3.17. The Morgan fingerprint density at radius 2 is 1.84 bits per heavy atom. The Labute approximate surface area is 188 Å². The standard InChI is InChI=1S/C24H19ClN2O5/c1-31-17-9-6-15(7-10-17)24-19(18-4-2-3-5-21(18)26-24)11-13-23(28)32-22-12-8-16(27(29)30)14-20(22)25/h2-10,12,14,26H,11,13H2,1H3. The number of H-pyrrole nitrogens is 1. The van der Waals surface area contributed by atoms with Crippen LogP contribution in [0.1, 0.15) is 12.0 Å². The summed E-state index contributed by atoms with van der Waals surface area (Å²) in [5.41, 5.74) is 3.70. The molecule has 0 saturated heterocycles. The molecule has 0 atom stereocenters. The summed E-state index contributed by atoms with van der Waals surface area (Å²) in [5, 5.41) is 11.9. The van der Waals surface area contributed by atoms with Gasteiger partial charge in [-0.25, -0.2) is 0 Å². The van der Waals surface area contributed by atoms with Gasteiger partial charge in [-0.3, -0.25) is 14.9 Å². The third-order valence-electron chi connectivity index (χ3n) is 5.12. The molecule has 0 spiro atoms. The highest BCUT2D eigenvalue weighted by atomic mass is 35.5. The van der Waals surface area contributed by atoms with Gasteiger partial charge in [-0.05, 0) is 53.9 Å². The van der Waals surface area contributed by atoms with Crippen LogP contribution in [0.15, 0.2) is 66.7 Å². The Morgan fingerprint density at radius 1 is 1.09 bits per heavy atom. The molecule has 0 aliphatic heterocycles. The number of nitrogens with one attached hydrogen (secondary N) is 1. The zero-order valence-corrected chi connectivity index (χ0v) is 17.9. The molecule has 8 heteroatoms. The number of ether oxygens (including phenoxy) is 2. The Morgan fingerprint density at radius 3 is 2.53 bits per heavy atom. The molecule has 162 valence electrons. The molecule has 4 rings (SSSR count). The van der Waals surface area contributed by atoms with Crippen LogP contribution in [0.4, 0.5) is 5.69 Å². The van der Waals surface area contributed by atoms with Crippen LogP contribution < -0.4 is 9.47 Å². The lowest BCUT2D eigenvalue weighted by molar-refractivity contribution is -0.384. The number of hydrogen-bond donors (Lipinski definition) is 1. The number of rotatable bonds is 7. The second-order valence-corrected chi connectivity index (χ2v) is 7.51. The van der Waals surface area contributed by atoms with Crippen molar-refractivity contribution in [3.05, 3.63) is 87.4 Å². The van der Waals surface area contributed by atoms with Crippen molar-refractivity contribution in [3.63, 3.8) is 0 Å². The maximum absolute atomic E-state index is 12.5. The minimum Gasteiger partial charge on any atom is -0.497 e. The van der Waals surface area contributed by atoms with Gasteiger partial charge in [0.1, 0.15) is 11.5 Å². The minimum atomic E-state index is -0.560. The first-order valence-corrected chi connectivity index (χ1v) is 10.2. The van der Waals surface area contributed by atoms with Crippen LogP contribution >= 0.6 is 11.6 Å². The molecule has 32 heavy (non-hydrogen) atoms. The van der Waals surface area contributed by atoms with E-state index in [1.165, 1.54) is 12.1 Å². The molecule has 4 aromatic rings. The maximum atomic E-state index is 12.5. The summed E-state index contributed by atoms with van der Waals surface area (Å²) < 4.78 is 10.6. The molecule has 0 aliphatic carbocycles. The van der Waals surface area contributed by atoms with E-state index < -0.39 is 10.9 Å². The molecule has 1 heterocycles. The van der Waals surface area contributed by atoms with E-state index in [1.807, 2.05) is 48.5 Å². The van der Waals surface area contributed by atoms with Gasteiger partial charge in [0.05, 0.1) is 23.5 Å². The van der Waals surface area contributed by atoms with Crippen LogP contribution in [-0.2, 0) is 11.2 Å². The van der Waals surface area contributed by atoms with Crippen molar-refractivity contribution in [3.8, 4) is 22.8 Å². The summed E-state index contributed by atoms with van der Waals surface area (Å²) in [7, 11) is 1.62. The average molecular weight is 451 g/mol. The van der Waals surface area contributed by atoms with Gasteiger partial charge in [0, 0.05) is 28.7 Å². The van der Waals surface area contributed by atoms with Crippen molar-refractivity contribution >= 4 is 34.2 Å². The van der Waals surface area contributed by atoms with Gasteiger partial charge < -0.3 is 14.5 Å². The van der Waals surface area contributed by atoms with Gasteiger partial charge in [-0.1, -0.05) is 29.8 Å². The third kappa shape index (κ3) is 4.43. The van der Waals surface area contributed by atoms with Crippen LogP contribution in [0.5, 0.6) is 11.5 Å². The molecule has 7 nitrogen and oxygen atoms in total. The lowest BCUT2D eigenvalue weighted by Crippen LogP contribution is -2.09. The van der Waals surface area contributed by atoms with Gasteiger partial charge in [-0.15, -0.1) is 0 Å². The monoisotopic (exact) mass is 450 g/mol. The summed E-state index contributed by atoms with van der Waals surface area (Å²) in [5.74, 6) is 0.373. The minimum absolute atomic E-state index is 0.0126. The smallest absolute Gasteiger partial charge is 0.311 e. The molecule has 0 amide bonds. The highest BCUT2D eigenvalue weighted by Crippen LogP contribution is 2.33. The fourth-order valence-corrected chi connectivity index (χ4v) is 3.76. The van der Waals surface area contributed by atoms with E-state index in [2.05, 4.69) is 4.98 Å². The van der Waals surface area contributed by atoms with Crippen LogP contribution in [0, 0.1) is 10.1 Å². The molecule has 0 bridgehead atoms. The fourth-order valence-electron chi connectivity index (χ4n) is 3.55. The Balaban J connectivity index is 1.56. The van der Waals surface area contributed by atoms with Crippen LogP contribution in [0.3, 0.4) is 0 Å². The van der Waals surface area contributed by atoms with E-state index in [0.29, 0.717) is 6.42 Å². The number of benzene rings is 3. The second-order valence-electron chi connectivity index (χ2n) is 7.10. The highest BCUT2D eigenvalue weighted by Gasteiger charge is 2.17. The number of hydrogen-bond acceptors (Lipinski definition) is 5. The summed E-state index contributed by atoms with van der Waals surface area (Å²) in [6.45, 7) is 0. The van der Waals surface area contributed by atoms with E-state index in [-0.39, 0.29) is 22.9 Å². The first-order valence-electron chi connectivity index (χ1n) is 9.85. The van der Waals surface area contributed by atoms with Crippen molar-refractivity contribution in [2.45, 2.75) is 12.8 Å². The predicted molar refractivity (Wildman–Crippen MR) is 122 cm³/mol. The lowest BCUT2D eigenvalue weighted by Gasteiger charge is -2.08. The topological polar surface area (TPSA) is 94.5 Å². The third-order valence-corrected chi connectivity index (χ3v) is 5.42. The molecular weight excluding hydrogens is 432 g/mol. The number of esters is 1. The summed E-state index contributed by atoms with van der Waals surface area (Å²) in [4.78, 5) is 26.2. The van der Waals surface area contributed by atoms with Crippen molar-refractivity contribution in [1.82, 2.24) is 4.98 Å². The Kier molecular flexibility index (Phi) is 6.09. The largest absolute Gasteiger partial charge is 0.497 e. The number of aryl methyl sites for hydroxylation is 1. The predicted octanol–water partition coefficient (Wildman–Crippen LogP) is 5.94. The van der Waals surface area contributed by atoms with Crippen molar-refractivity contribution in [2.24, 2.45) is 0 Å². The lowest BCUT2D eigenvalue weighted by atomic mass is 10.0. The number of para-hydroxylation sites is 1. The number of nitrogens with zero attached hydrogens (tertiary/aromatic N) is 1. The number of non-ortho nitro benzene ring substituents is 1. The fraction of sp³-hybridized carbons (Fsp3) is 0.125. The molecule has 0 radical (unpaired) electrons. The van der Waals surface area contributed by atoms with E-state index in [9.17, 15) is 14.9 Å². The van der Waals surface area contributed by atoms with E-state index >= 15 is 0 Å². The number of fused-ring (bicyclic) bond motifs is 1. The zero-order chi connectivity index (χ0) is 22.7. The number of aromatic nitrogens is 1. The highest BCUT2D eigenvalue weighted by molar-refractivity contribution is 6.32. The van der Waals surface area contributed by atoms with Gasteiger partial charge in [0.2, 0.25) is 0 Å².